The molecule has 1 unspecified atom stereocenters. The number of rotatable bonds is 5. The molecule has 3 heteroatoms. The van der Waals surface area contributed by atoms with E-state index in [1.165, 1.54) is 29.7 Å². The van der Waals surface area contributed by atoms with Crippen LogP contribution in [0.1, 0.15) is 46.7 Å². The summed E-state index contributed by atoms with van der Waals surface area (Å²) in [6.07, 6.45) is 8.64. The quantitative estimate of drug-likeness (QED) is 0.882. The zero-order valence-corrected chi connectivity index (χ0v) is 11.6. The first-order chi connectivity index (χ1) is 8.88. The molecule has 2 aromatic heterocycles. The number of fused-ring (bicyclic) bond motifs is 1. The van der Waals surface area contributed by atoms with Crippen molar-refractivity contribution in [1.29, 1.82) is 0 Å². The number of hydrogen-bond acceptors (Lipinski definition) is 3. The Morgan fingerprint density at radius 2 is 2.39 bits per heavy atom. The highest BCUT2D eigenvalue weighted by Crippen LogP contribution is 2.36. The SMILES string of the molecule is CCCNC(c1ccoc1)c1cc2c(s1)CCC2. The average Bonchev–Trinajstić information content (AvgIpc) is 3.05. The molecule has 0 radical (unpaired) electrons. The molecule has 0 fully saturated rings. The van der Waals surface area contributed by atoms with Gasteiger partial charge in [-0.2, -0.15) is 0 Å². The van der Waals surface area contributed by atoms with Crippen LogP contribution in [-0.2, 0) is 12.8 Å². The second kappa shape index (κ2) is 5.29. The molecule has 96 valence electrons. The highest BCUT2D eigenvalue weighted by Gasteiger charge is 2.21. The van der Waals surface area contributed by atoms with Gasteiger partial charge >= 0.3 is 0 Å². The van der Waals surface area contributed by atoms with Crippen molar-refractivity contribution in [2.75, 3.05) is 6.54 Å². The van der Waals surface area contributed by atoms with Crippen molar-refractivity contribution in [3.8, 4) is 0 Å². The summed E-state index contributed by atoms with van der Waals surface area (Å²) in [7, 11) is 0. The first kappa shape index (κ1) is 12.0. The summed E-state index contributed by atoms with van der Waals surface area (Å²) >= 11 is 1.97. The first-order valence-electron chi connectivity index (χ1n) is 6.75. The van der Waals surface area contributed by atoms with Gasteiger partial charge in [0.05, 0.1) is 18.6 Å². The Morgan fingerprint density at radius 1 is 1.44 bits per heavy atom. The lowest BCUT2D eigenvalue weighted by Gasteiger charge is -2.15. The largest absolute Gasteiger partial charge is 0.472 e. The van der Waals surface area contributed by atoms with Gasteiger partial charge < -0.3 is 9.73 Å². The molecule has 1 atom stereocenters. The van der Waals surface area contributed by atoms with Crippen LogP contribution in [-0.4, -0.2) is 6.54 Å². The van der Waals surface area contributed by atoms with E-state index in [1.807, 2.05) is 17.6 Å². The van der Waals surface area contributed by atoms with Gasteiger partial charge in [0.15, 0.2) is 0 Å². The van der Waals surface area contributed by atoms with E-state index in [4.69, 9.17) is 4.42 Å². The van der Waals surface area contributed by atoms with Crippen molar-refractivity contribution in [3.63, 3.8) is 0 Å². The zero-order valence-electron chi connectivity index (χ0n) is 10.7. The van der Waals surface area contributed by atoms with E-state index in [9.17, 15) is 0 Å². The minimum Gasteiger partial charge on any atom is -0.472 e. The van der Waals surface area contributed by atoms with Crippen LogP contribution in [0.4, 0.5) is 0 Å². The highest BCUT2D eigenvalue weighted by atomic mass is 32.1. The molecule has 1 aliphatic rings. The van der Waals surface area contributed by atoms with Crippen molar-refractivity contribution < 1.29 is 4.42 Å². The zero-order chi connectivity index (χ0) is 12.4. The van der Waals surface area contributed by atoms with E-state index in [0.29, 0.717) is 6.04 Å². The van der Waals surface area contributed by atoms with Gasteiger partial charge in [-0.1, -0.05) is 6.92 Å². The van der Waals surface area contributed by atoms with Crippen molar-refractivity contribution in [1.82, 2.24) is 5.32 Å². The van der Waals surface area contributed by atoms with E-state index in [1.54, 1.807) is 16.7 Å². The lowest BCUT2D eigenvalue weighted by molar-refractivity contribution is 0.550. The molecule has 1 aliphatic carbocycles. The third kappa shape index (κ3) is 2.25. The van der Waals surface area contributed by atoms with Crippen LogP contribution in [0, 0.1) is 0 Å². The average molecular weight is 261 g/mol. The van der Waals surface area contributed by atoms with E-state index in [0.717, 1.165) is 13.0 Å². The van der Waals surface area contributed by atoms with Crippen LogP contribution < -0.4 is 5.32 Å². The van der Waals surface area contributed by atoms with Crippen LogP contribution in [0.15, 0.2) is 29.1 Å². The molecule has 0 saturated carbocycles. The molecule has 0 bridgehead atoms. The van der Waals surface area contributed by atoms with Crippen molar-refractivity contribution in [2.24, 2.45) is 0 Å². The molecule has 0 amide bonds. The fourth-order valence-corrected chi connectivity index (χ4v) is 3.97. The minimum atomic E-state index is 0.305. The van der Waals surface area contributed by atoms with Crippen molar-refractivity contribution in [2.45, 2.75) is 38.6 Å². The monoisotopic (exact) mass is 261 g/mol. The molecular weight excluding hydrogens is 242 g/mol. The molecule has 2 heterocycles. The van der Waals surface area contributed by atoms with Gasteiger partial charge in [0.1, 0.15) is 0 Å². The number of nitrogens with one attached hydrogen (secondary N) is 1. The summed E-state index contributed by atoms with van der Waals surface area (Å²) in [6, 6.07) is 4.77. The lowest BCUT2D eigenvalue weighted by Crippen LogP contribution is -2.21. The van der Waals surface area contributed by atoms with E-state index < -0.39 is 0 Å². The maximum Gasteiger partial charge on any atom is 0.0954 e. The van der Waals surface area contributed by atoms with E-state index >= 15 is 0 Å². The van der Waals surface area contributed by atoms with Gasteiger partial charge in [-0.3, -0.25) is 0 Å². The molecule has 0 saturated heterocycles. The van der Waals surface area contributed by atoms with Gasteiger partial charge in [0, 0.05) is 15.3 Å². The van der Waals surface area contributed by atoms with Crippen molar-refractivity contribution in [3.05, 3.63) is 45.5 Å². The van der Waals surface area contributed by atoms with E-state index in [-0.39, 0.29) is 0 Å². The summed E-state index contributed by atoms with van der Waals surface area (Å²) in [4.78, 5) is 3.03. The van der Waals surface area contributed by atoms with Gasteiger partial charge in [-0.05, 0) is 49.9 Å². The molecule has 2 aromatic rings. The standard InChI is InChI=1S/C15H19NOS/c1-2-7-16-15(12-6-8-17-10-12)14-9-11-4-3-5-13(11)18-14/h6,8-10,15-16H,2-5,7H2,1H3. The second-order valence-corrected chi connectivity index (χ2v) is 6.06. The number of aryl methyl sites for hydroxylation is 2. The van der Waals surface area contributed by atoms with Crippen LogP contribution in [0.3, 0.4) is 0 Å². The number of furan rings is 1. The molecule has 18 heavy (non-hydrogen) atoms. The van der Waals surface area contributed by atoms with Crippen LogP contribution >= 0.6 is 11.3 Å². The predicted molar refractivity (Wildman–Crippen MR) is 75.2 cm³/mol. The second-order valence-electron chi connectivity index (χ2n) is 4.89. The summed E-state index contributed by atoms with van der Waals surface area (Å²) in [5.41, 5.74) is 2.81. The summed E-state index contributed by atoms with van der Waals surface area (Å²) < 4.78 is 5.24. The third-order valence-corrected chi connectivity index (χ3v) is 4.83. The third-order valence-electron chi connectivity index (χ3n) is 3.53. The van der Waals surface area contributed by atoms with Gasteiger partial charge in [0.25, 0.3) is 0 Å². The van der Waals surface area contributed by atoms with E-state index in [2.05, 4.69) is 24.4 Å². The van der Waals surface area contributed by atoms with Crippen LogP contribution in [0.5, 0.6) is 0 Å². The molecule has 2 nitrogen and oxygen atoms in total. The predicted octanol–water partition coefficient (Wildman–Crippen LogP) is 3.92. The number of hydrogen-bond donors (Lipinski definition) is 1. The Kier molecular flexibility index (Phi) is 3.52. The molecule has 1 N–H and O–H groups in total. The lowest BCUT2D eigenvalue weighted by atomic mass is 10.1. The maximum atomic E-state index is 5.24. The minimum absolute atomic E-state index is 0.305. The van der Waals surface area contributed by atoms with Gasteiger partial charge in [0.2, 0.25) is 0 Å². The molecule has 3 rings (SSSR count). The molecule has 0 aliphatic heterocycles. The number of thiophene rings is 1. The Balaban J connectivity index is 1.87. The highest BCUT2D eigenvalue weighted by molar-refractivity contribution is 7.12. The maximum absolute atomic E-state index is 5.24. The van der Waals surface area contributed by atoms with Crippen LogP contribution in [0.2, 0.25) is 0 Å². The Morgan fingerprint density at radius 3 is 3.11 bits per heavy atom. The van der Waals surface area contributed by atoms with Gasteiger partial charge in [-0.25, -0.2) is 0 Å². The summed E-state index contributed by atoms with van der Waals surface area (Å²) in [6.45, 7) is 3.24. The molecule has 0 spiro atoms. The Hall–Kier alpha value is -1.06. The fraction of sp³-hybridized carbons (Fsp3) is 0.467. The topological polar surface area (TPSA) is 25.2 Å². The normalized spacial score (nSPS) is 15.8. The first-order valence-corrected chi connectivity index (χ1v) is 7.57. The Bertz CT molecular complexity index is 479. The fourth-order valence-electron chi connectivity index (χ4n) is 2.60. The van der Waals surface area contributed by atoms with Gasteiger partial charge in [-0.15, -0.1) is 11.3 Å². The van der Waals surface area contributed by atoms with Crippen LogP contribution in [0.25, 0.3) is 0 Å². The smallest absolute Gasteiger partial charge is 0.0954 e. The van der Waals surface area contributed by atoms with Crippen molar-refractivity contribution >= 4 is 11.3 Å². The summed E-state index contributed by atoms with van der Waals surface area (Å²) in [5.74, 6) is 0. The summed E-state index contributed by atoms with van der Waals surface area (Å²) in [5, 5.41) is 3.63. The molecule has 0 aromatic carbocycles. The molecular formula is C15H19NOS. The Labute approximate surface area is 112 Å².